The summed E-state index contributed by atoms with van der Waals surface area (Å²) in [5.74, 6) is 0. The minimum Gasteiger partial charge on any atom is -0.357 e. The van der Waals surface area contributed by atoms with Crippen molar-refractivity contribution in [1.82, 2.24) is 4.90 Å². The van der Waals surface area contributed by atoms with Gasteiger partial charge in [-0.05, 0) is 27.8 Å². The molecule has 0 aromatic heterocycles. The molecule has 0 bridgehead atoms. The zero-order valence-electron chi connectivity index (χ0n) is 6.64. The number of hydrogen-bond acceptors (Lipinski definition) is 2. The summed E-state index contributed by atoms with van der Waals surface area (Å²) >= 11 is 0. The predicted molar refractivity (Wildman–Crippen MR) is 37.3 cm³/mol. The molecule has 54 valence electrons. The summed E-state index contributed by atoms with van der Waals surface area (Å²) in [6.45, 7) is 7.34. The van der Waals surface area contributed by atoms with E-state index in [1.54, 1.807) is 0 Å². The number of likely N-dealkylation sites (N-methyl/N-ethyl adjacent to an activating group) is 1. The summed E-state index contributed by atoms with van der Waals surface area (Å²) in [4.78, 5) is 2.22. The topological polar surface area (TPSA) is 12.5 Å². The molecule has 1 rings (SSSR count). The van der Waals surface area contributed by atoms with Crippen LogP contribution in [0.15, 0.2) is 0 Å². The van der Waals surface area contributed by atoms with Gasteiger partial charge in [-0.3, -0.25) is 4.90 Å². The first-order valence-electron chi connectivity index (χ1n) is 3.41. The Kier molecular flexibility index (Phi) is 1.53. The van der Waals surface area contributed by atoms with Crippen molar-refractivity contribution in [3.63, 3.8) is 0 Å². The summed E-state index contributed by atoms with van der Waals surface area (Å²) in [6, 6.07) is 0. The molecule has 1 atom stereocenters. The second kappa shape index (κ2) is 1.96. The molecule has 1 saturated heterocycles. The van der Waals surface area contributed by atoms with Crippen molar-refractivity contribution in [2.24, 2.45) is 0 Å². The predicted octanol–water partition coefficient (Wildman–Crippen LogP) is 1.07. The van der Waals surface area contributed by atoms with Crippen LogP contribution in [0.25, 0.3) is 0 Å². The molecule has 1 heterocycles. The fourth-order valence-electron chi connectivity index (χ4n) is 1.23. The minimum atomic E-state index is -0.0422. The lowest BCUT2D eigenvalue weighted by molar-refractivity contribution is -0.0622. The molecule has 0 saturated carbocycles. The van der Waals surface area contributed by atoms with E-state index in [2.05, 4.69) is 32.7 Å². The molecule has 0 aromatic carbocycles. The average Bonchev–Trinajstić information content (AvgIpc) is 1.79. The Morgan fingerprint density at radius 3 is 2.22 bits per heavy atom. The van der Waals surface area contributed by atoms with Crippen LogP contribution in [0.5, 0.6) is 0 Å². The van der Waals surface area contributed by atoms with E-state index >= 15 is 0 Å². The van der Waals surface area contributed by atoms with E-state index in [4.69, 9.17) is 4.74 Å². The first-order chi connectivity index (χ1) is 4.02. The lowest BCUT2D eigenvalue weighted by atomic mass is 10.3. The van der Waals surface area contributed by atoms with Crippen LogP contribution in [-0.4, -0.2) is 30.3 Å². The van der Waals surface area contributed by atoms with E-state index in [-0.39, 0.29) is 5.72 Å². The monoisotopic (exact) mass is 129 g/mol. The molecule has 0 aliphatic carbocycles. The van der Waals surface area contributed by atoms with Gasteiger partial charge in [0.1, 0.15) is 5.72 Å². The van der Waals surface area contributed by atoms with Gasteiger partial charge in [-0.2, -0.15) is 0 Å². The van der Waals surface area contributed by atoms with Gasteiger partial charge in [0.15, 0.2) is 0 Å². The molecule has 0 aromatic rings. The van der Waals surface area contributed by atoms with E-state index in [0.29, 0.717) is 6.10 Å². The Balaban J connectivity index is 2.58. The Labute approximate surface area is 56.8 Å². The number of nitrogens with zero attached hydrogens (tertiary/aromatic N) is 1. The van der Waals surface area contributed by atoms with E-state index in [9.17, 15) is 0 Å². The Hall–Kier alpha value is -0.0800. The van der Waals surface area contributed by atoms with Crippen molar-refractivity contribution in [3.05, 3.63) is 0 Å². The van der Waals surface area contributed by atoms with Crippen LogP contribution in [0.4, 0.5) is 0 Å². The smallest absolute Gasteiger partial charge is 0.116 e. The first-order valence-corrected chi connectivity index (χ1v) is 3.41. The molecule has 1 fully saturated rings. The van der Waals surface area contributed by atoms with Gasteiger partial charge < -0.3 is 4.74 Å². The van der Waals surface area contributed by atoms with E-state index in [1.807, 2.05) is 0 Å². The van der Waals surface area contributed by atoms with E-state index in [1.165, 1.54) is 0 Å². The highest BCUT2D eigenvalue weighted by molar-refractivity contribution is 4.78. The lowest BCUT2D eigenvalue weighted by Crippen LogP contribution is -2.35. The summed E-state index contributed by atoms with van der Waals surface area (Å²) < 4.78 is 5.59. The third-order valence-corrected chi connectivity index (χ3v) is 1.94. The van der Waals surface area contributed by atoms with Crippen molar-refractivity contribution in [2.75, 3.05) is 13.6 Å². The molecular weight excluding hydrogens is 114 g/mol. The highest BCUT2D eigenvalue weighted by atomic mass is 16.5. The number of hydrogen-bond donors (Lipinski definition) is 0. The molecular formula is C7H15NO. The van der Waals surface area contributed by atoms with E-state index < -0.39 is 0 Å². The molecule has 0 radical (unpaired) electrons. The first kappa shape index (κ1) is 7.03. The Morgan fingerprint density at radius 2 is 2.11 bits per heavy atom. The molecule has 2 nitrogen and oxygen atoms in total. The third kappa shape index (κ3) is 1.25. The van der Waals surface area contributed by atoms with Crippen LogP contribution < -0.4 is 0 Å². The summed E-state index contributed by atoms with van der Waals surface area (Å²) in [6.07, 6.45) is 0.394. The van der Waals surface area contributed by atoms with Crippen molar-refractivity contribution < 1.29 is 4.74 Å². The van der Waals surface area contributed by atoms with Gasteiger partial charge in [0.25, 0.3) is 0 Å². The van der Waals surface area contributed by atoms with Crippen molar-refractivity contribution in [2.45, 2.75) is 32.6 Å². The van der Waals surface area contributed by atoms with Crippen molar-refractivity contribution >= 4 is 0 Å². The largest absolute Gasteiger partial charge is 0.357 e. The van der Waals surface area contributed by atoms with Crippen LogP contribution in [-0.2, 0) is 4.74 Å². The molecule has 0 N–H and O–H groups in total. The van der Waals surface area contributed by atoms with Crippen molar-refractivity contribution in [1.29, 1.82) is 0 Å². The molecule has 1 aliphatic heterocycles. The number of ether oxygens (including phenoxy) is 1. The maximum atomic E-state index is 5.59. The average molecular weight is 129 g/mol. The van der Waals surface area contributed by atoms with Gasteiger partial charge >= 0.3 is 0 Å². The minimum absolute atomic E-state index is 0.0422. The fourth-order valence-corrected chi connectivity index (χ4v) is 1.23. The number of rotatable bonds is 0. The Bertz CT molecular complexity index is 111. The summed E-state index contributed by atoms with van der Waals surface area (Å²) in [5, 5.41) is 0. The molecule has 9 heavy (non-hydrogen) atoms. The van der Waals surface area contributed by atoms with Gasteiger partial charge in [0.2, 0.25) is 0 Å². The molecule has 2 heteroatoms. The molecule has 1 unspecified atom stereocenters. The second-order valence-corrected chi connectivity index (χ2v) is 3.26. The SMILES string of the molecule is CC1CN(C)C(C)(C)O1. The highest BCUT2D eigenvalue weighted by Crippen LogP contribution is 2.23. The Morgan fingerprint density at radius 1 is 1.56 bits per heavy atom. The molecule has 1 aliphatic rings. The zero-order chi connectivity index (χ0) is 7.07. The maximum absolute atomic E-state index is 5.59. The van der Waals surface area contributed by atoms with E-state index in [0.717, 1.165) is 6.54 Å². The van der Waals surface area contributed by atoms with Gasteiger partial charge in [-0.1, -0.05) is 0 Å². The van der Waals surface area contributed by atoms with Gasteiger partial charge in [0, 0.05) is 6.54 Å². The van der Waals surface area contributed by atoms with Crippen LogP contribution in [0.3, 0.4) is 0 Å². The van der Waals surface area contributed by atoms with Gasteiger partial charge in [-0.15, -0.1) is 0 Å². The highest BCUT2D eigenvalue weighted by Gasteiger charge is 2.33. The summed E-state index contributed by atoms with van der Waals surface area (Å²) in [5.41, 5.74) is -0.0422. The van der Waals surface area contributed by atoms with Gasteiger partial charge in [-0.25, -0.2) is 0 Å². The zero-order valence-corrected chi connectivity index (χ0v) is 6.64. The van der Waals surface area contributed by atoms with Gasteiger partial charge in [0.05, 0.1) is 6.10 Å². The van der Waals surface area contributed by atoms with Crippen LogP contribution in [0, 0.1) is 0 Å². The normalized spacial score (nSPS) is 35.3. The van der Waals surface area contributed by atoms with Crippen LogP contribution in [0.1, 0.15) is 20.8 Å². The third-order valence-electron chi connectivity index (χ3n) is 1.94. The standard InChI is InChI=1S/C7H15NO/c1-6-5-8(4)7(2,3)9-6/h6H,5H2,1-4H3. The molecule has 0 spiro atoms. The lowest BCUT2D eigenvalue weighted by Gasteiger charge is -2.25. The van der Waals surface area contributed by atoms with Crippen molar-refractivity contribution in [3.8, 4) is 0 Å². The fraction of sp³-hybridized carbons (Fsp3) is 1.00. The van der Waals surface area contributed by atoms with Crippen LogP contribution in [0.2, 0.25) is 0 Å². The summed E-state index contributed by atoms with van der Waals surface area (Å²) in [7, 11) is 2.09. The molecule has 0 amide bonds. The quantitative estimate of drug-likeness (QED) is 0.485. The maximum Gasteiger partial charge on any atom is 0.116 e. The van der Waals surface area contributed by atoms with Crippen LogP contribution >= 0.6 is 0 Å². The second-order valence-electron chi connectivity index (χ2n) is 3.26.